The Morgan fingerprint density at radius 3 is 2.50 bits per heavy atom. The van der Waals surface area contributed by atoms with E-state index in [4.69, 9.17) is 0 Å². The molecule has 0 bridgehead atoms. The molecule has 0 saturated heterocycles. The average Bonchev–Trinajstić information content (AvgIpc) is 2.40. The second-order valence-electron chi connectivity index (χ2n) is 4.29. The van der Waals surface area contributed by atoms with Crippen molar-refractivity contribution in [1.82, 2.24) is 0 Å². The van der Waals surface area contributed by atoms with Crippen LogP contribution in [0.4, 0.5) is 0 Å². The first-order valence-electron chi connectivity index (χ1n) is 6.30. The number of aryl methyl sites for hydroxylation is 1. The van der Waals surface area contributed by atoms with Crippen LogP contribution < -0.4 is 0 Å². The summed E-state index contributed by atoms with van der Waals surface area (Å²) >= 11 is 1.81. The van der Waals surface area contributed by atoms with E-state index in [2.05, 4.69) is 30.3 Å². The standard InChI is InChI=1S/C16H18OS/c17-15-10-6-11-16(13-15)18-12-5-4-9-14-7-2-1-3-8-14/h1-3,6-8,10-11,13,17H,4-5,9,12H2. The van der Waals surface area contributed by atoms with E-state index in [1.165, 1.54) is 18.4 Å². The molecule has 94 valence electrons. The summed E-state index contributed by atoms with van der Waals surface area (Å²) in [5.41, 5.74) is 1.42. The Morgan fingerprint density at radius 1 is 0.889 bits per heavy atom. The molecule has 2 heteroatoms. The van der Waals surface area contributed by atoms with E-state index in [9.17, 15) is 5.11 Å². The van der Waals surface area contributed by atoms with Crippen LogP contribution in [0.5, 0.6) is 5.75 Å². The van der Waals surface area contributed by atoms with E-state index in [1.807, 2.05) is 30.0 Å². The molecule has 1 nitrogen and oxygen atoms in total. The van der Waals surface area contributed by atoms with Gasteiger partial charge in [-0.3, -0.25) is 0 Å². The molecule has 0 aliphatic rings. The summed E-state index contributed by atoms with van der Waals surface area (Å²) in [6.07, 6.45) is 3.58. The Kier molecular flexibility index (Phi) is 5.15. The smallest absolute Gasteiger partial charge is 0.116 e. The Hall–Kier alpha value is -1.41. The largest absolute Gasteiger partial charge is 0.508 e. The summed E-state index contributed by atoms with van der Waals surface area (Å²) in [4.78, 5) is 1.15. The summed E-state index contributed by atoms with van der Waals surface area (Å²) in [7, 11) is 0. The molecule has 0 aliphatic carbocycles. The van der Waals surface area contributed by atoms with Crippen LogP contribution in [0.2, 0.25) is 0 Å². The van der Waals surface area contributed by atoms with Gasteiger partial charge in [-0.05, 0) is 48.8 Å². The van der Waals surface area contributed by atoms with E-state index in [0.29, 0.717) is 5.75 Å². The van der Waals surface area contributed by atoms with E-state index in [1.54, 1.807) is 6.07 Å². The highest BCUT2D eigenvalue weighted by Crippen LogP contribution is 2.23. The number of hydrogen-bond acceptors (Lipinski definition) is 2. The molecular weight excluding hydrogens is 240 g/mol. The second kappa shape index (κ2) is 7.12. The summed E-state index contributed by atoms with van der Waals surface area (Å²) in [5, 5.41) is 9.35. The number of benzene rings is 2. The van der Waals surface area contributed by atoms with Crippen LogP contribution in [0.25, 0.3) is 0 Å². The van der Waals surface area contributed by atoms with Crippen molar-refractivity contribution in [3.63, 3.8) is 0 Å². The predicted molar refractivity (Wildman–Crippen MR) is 78.2 cm³/mol. The molecule has 2 rings (SSSR count). The van der Waals surface area contributed by atoms with Crippen molar-refractivity contribution in [1.29, 1.82) is 0 Å². The van der Waals surface area contributed by atoms with Gasteiger partial charge in [0, 0.05) is 4.90 Å². The molecule has 0 radical (unpaired) electrons. The number of phenolic OH excluding ortho intramolecular Hbond substituents is 1. The zero-order valence-corrected chi connectivity index (χ0v) is 11.2. The number of rotatable bonds is 6. The van der Waals surface area contributed by atoms with Crippen LogP contribution in [-0.2, 0) is 6.42 Å². The van der Waals surface area contributed by atoms with E-state index in [-0.39, 0.29) is 0 Å². The molecule has 0 unspecified atom stereocenters. The fraction of sp³-hybridized carbons (Fsp3) is 0.250. The zero-order chi connectivity index (χ0) is 12.6. The number of hydrogen-bond donors (Lipinski definition) is 1. The van der Waals surface area contributed by atoms with Crippen LogP contribution in [0.3, 0.4) is 0 Å². The maximum absolute atomic E-state index is 9.35. The van der Waals surface area contributed by atoms with Gasteiger partial charge in [-0.25, -0.2) is 0 Å². The number of thioether (sulfide) groups is 1. The Balaban J connectivity index is 1.65. The molecule has 0 atom stereocenters. The van der Waals surface area contributed by atoms with Crippen molar-refractivity contribution < 1.29 is 5.11 Å². The average molecular weight is 258 g/mol. The van der Waals surface area contributed by atoms with Gasteiger partial charge in [-0.2, -0.15) is 0 Å². The first-order chi connectivity index (χ1) is 8.84. The summed E-state index contributed by atoms with van der Waals surface area (Å²) < 4.78 is 0. The number of unbranched alkanes of at least 4 members (excludes halogenated alkanes) is 1. The van der Waals surface area contributed by atoms with Crippen LogP contribution in [0.1, 0.15) is 18.4 Å². The molecule has 0 aliphatic heterocycles. The topological polar surface area (TPSA) is 20.2 Å². The van der Waals surface area contributed by atoms with Gasteiger partial charge < -0.3 is 5.11 Å². The highest BCUT2D eigenvalue weighted by Gasteiger charge is 1.96. The number of phenols is 1. The Morgan fingerprint density at radius 2 is 1.72 bits per heavy atom. The molecule has 1 N–H and O–H groups in total. The van der Waals surface area contributed by atoms with Crippen LogP contribution >= 0.6 is 11.8 Å². The third-order valence-electron chi connectivity index (χ3n) is 2.79. The first kappa shape index (κ1) is 13.0. The fourth-order valence-electron chi connectivity index (χ4n) is 1.84. The van der Waals surface area contributed by atoms with Gasteiger partial charge in [-0.15, -0.1) is 11.8 Å². The van der Waals surface area contributed by atoms with Gasteiger partial charge in [0.2, 0.25) is 0 Å². The van der Waals surface area contributed by atoms with Crippen molar-refractivity contribution in [2.75, 3.05) is 5.75 Å². The normalized spacial score (nSPS) is 10.4. The van der Waals surface area contributed by atoms with Gasteiger partial charge in [0.1, 0.15) is 5.75 Å². The summed E-state index contributed by atoms with van der Waals surface area (Å²) in [5.74, 6) is 1.46. The molecule has 0 fully saturated rings. The molecule has 0 amide bonds. The Bertz CT molecular complexity index is 468. The van der Waals surface area contributed by atoms with Gasteiger partial charge >= 0.3 is 0 Å². The van der Waals surface area contributed by atoms with Crippen molar-refractivity contribution >= 4 is 11.8 Å². The van der Waals surface area contributed by atoms with Crippen molar-refractivity contribution in [3.8, 4) is 5.75 Å². The monoisotopic (exact) mass is 258 g/mol. The second-order valence-corrected chi connectivity index (χ2v) is 5.46. The maximum Gasteiger partial charge on any atom is 0.116 e. The van der Waals surface area contributed by atoms with E-state index in [0.717, 1.165) is 17.1 Å². The molecular formula is C16H18OS. The molecule has 0 heterocycles. The highest BCUT2D eigenvalue weighted by atomic mass is 32.2. The lowest BCUT2D eigenvalue weighted by Gasteiger charge is -2.03. The minimum Gasteiger partial charge on any atom is -0.508 e. The van der Waals surface area contributed by atoms with E-state index >= 15 is 0 Å². The van der Waals surface area contributed by atoms with Crippen molar-refractivity contribution in [3.05, 3.63) is 60.2 Å². The quantitative estimate of drug-likeness (QED) is 0.608. The highest BCUT2D eigenvalue weighted by molar-refractivity contribution is 7.99. The van der Waals surface area contributed by atoms with Gasteiger partial charge in [0.15, 0.2) is 0 Å². The third-order valence-corrected chi connectivity index (χ3v) is 3.87. The minimum atomic E-state index is 0.351. The van der Waals surface area contributed by atoms with Crippen LogP contribution in [0.15, 0.2) is 59.5 Å². The maximum atomic E-state index is 9.35. The fourth-order valence-corrected chi connectivity index (χ4v) is 2.80. The lowest BCUT2D eigenvalue weighted by molar-refractivity contribution is 0.474. The molecule has 2 aromatic rings. The zero-order valence-electron chi connectivity index (χ0n) is 10.4. The third kappa shape index (κ3) is 4.46. The number of aromatic hydroxyl groups is 1. The van der Waals surface area contributed by atoms with Gasteiger partial charge in [0.25, 0.3) is 0 Å². The lowest BCUT2D eigenvalue weighted by Crippen LogP contribution is -1.87. The molecule has 2 aromatic carbocycles. The van der Waals surface area contributed by atoms with Gasteiger partial charge in [-0.1, -0.05) is 36.4 Å². The minimum absolute atomic E-state index is 0.351. The van der Waals surface area contributed by atoms with Crippen molar-refractivity contribution in [2.45, 2.75) is 24.2 Å². The SMILES string of the molecule is Oc1cccc(SCCCCc2ccccc2)c1. The van der Waals surface area contributed by atoms with Crippen LogP contribution in [-0.4, -0.2) is 10.9 Å². The lowest BCUT2D eigenvalue weighted by atomic mass is 10.1. The molecule has 0 spiro atoms. The summed E-state index contributed by atoms with van der Waals surface area (Å²) in [6.45, 7) is 0. The van der Waals surface area contributed by atoms with Gasteiger partial charge in [0.05, 0.1) is 0 Å². The summed E-state index contributed by atoms with van der Waals surface area (Å²) in [6, 6.07) is 18.1. The predicted octanol–water partition coefficient (Wildman–Crippen LogP) is 4.51. The first-order valence-corrected chi connectivity index (χ1v) is 7.29. The molecule has 0 aromatic heterocycles. The van der Waals surface area contributed by atoms with Crippen LogP contribution in [0, 0.1) is 0 Å². The van der Waals surface area contributed by atoms with Crippen molar-refractivity contribution in [2.24, 2.45) is 0 Å². The molecule has 18 heavy (non-hydrogen) atoms. The molecule has 0 saturated carbocycles. The Labute approximate surface area is 113 Å². The van der Waals surface area contributed by atoms with E-state index < -0.39 is 0 Å².